The summed E-state index contributed by atoms with van der Waals surface area (Å²) in [7, 11) is 0. The Morgan fingerprint density at radius 1 is 1.13 bits per heavy atom. The molecule has 2 aromatic carbocycles. The van der Waals surface area contributed by atoms with Gasteiger partial charge in [-0.2, -0.15) is 0 Å². The van der Waals surface area contributed by atoms with Gasteiger partial charge in [0.25, 0.3) is 0 Å². The van der Waals surface area contributed by atoms with E-state index in [1.165, 1.54) is 28.8 Å². The third-order valence-electron chi connectivity index (χ3n) is 4.39. The molecule has 1 N–H and O–H groups in total. The van der Waals surface area contributed by atoms with Crippen LogP contribution in [0.2, 0.25) is 0 Å². The molecule has 0 saturated heterocycles. The van der Waals surface area contributed by atoms with Gasteiger partial charge in [0.15, 0.2) is 11.2 Å². The monoisotopic (exact) mass is 422 g/mol. The van der Waals surface area contributed by atoms with E-state index in [4.69, 9.17) is 0 Å². The van der Waals surface area contributed by atoms with E-state index < -0.39 is 0 Å². The van der Waals surface area contributed by atoms with Crippen molar-refractivity contribution < 1.29 is 9.18 Å². The number of aromatic nitrogens is 5. The Morgan fingerprint density at radius 3 is 2.67 bits per heavy atom. The van der Waals surface area contributed by atoms with Gasteiger partial charge in [-0.1, -0.05) is 41.2 Å². The Bertz CT molecular complexity index is 1210. The average Bonchev–Trinajstić information content (AvgIpc) is 3.11. The maximum absolute atomic E-state index is 14.0. The van der Waals surface area contributed by atoms with E-state index in [2.05, 4.69) is 25.6 Å². The van der Waals surface area contributed by atoms with Crippen LogP contribution in [0.1, 0.15) is 16.7 Å². The molecule has 0 saturated carbocycles. The molecule has 2 heterocycles. The molecule has 0 aliphatic carbocycles. The number of nitrogens with one attached hydrogen (secondary N) is 1. The van der Waals surface area contributed by atoms with Crippen LogP contribution in [0.5, 0.6) is 0 Å². The molecule has 0 unspecified atom stereocenters. The van der Waals surface area contributed by atoms with Gasteiger partial charge in [0.1, 0.15) is 17.2 Å². The topological polar surface area (TPSA) is 85.6 Å². The van der Waals surface area contributed by atoms with Gasteiger partial charge >= 0.3 is 0 Å². The summed E-state index contributed by atoms with van der Waals surface area (Å²) >= 11 is 1.26. The van der Waals surface area contributed by atoms with Crippen LogP contribution in [0, 0.1) is 19.7 Å². The van der Waals surface area contributed by atoms with Gasteiger partial charge in [-0.25, -0.2) is 19.0 Å². The van der Waals surface area contributed by atoms with Gasteiger partial charge < -0.3 is 5.32 Å². The zero-order chi connectivity index (χ0) is 21.1. The molecule has 0 radical (unpaired) electrons. The zero-order valence-electron chi connectivity index (χ0n) is 16.5. The highest BCUT2D eigenvalue weighted by atomic mass is 32.2. The van der Waals surface area contributed by atoms with Crippen LogP contribution in [0.25, 0.3) is 11.2 Å². The van der Waals surface area contributed by atoms with E-state index in [0.717, 1.165) is 16.8 Å². The van der Waals surface area contributed by atoms with Crippen LogP contribution in [-0.2, 0) is 11.3 Å². The molecule has 7 nitrogen and oxygen atoms in total. The number of halogens is 1. The normalized spacial score (nSPS) is 11.0. The second kappa shape index (κ2) is 8.58. The van der Waals surface area contributed by atoms with E-state index in [0.29, 0.717) is 21.8 Å². The molecular formula is C21H19FN6OS. The number of carbonyl (C=O) groups is 1. The van der Waals surface area contributed by atoms with E-state index in [1.807, 2.05) is 32.0 Å². The molecule has 0 aliphatic heterocycles. The van der Waals surface area contributed by atoms with E-state index in [9.17, 15) is 9.18 Å². The van der Waals surface area contributed by atoms with Crippen LogP contribution in [-0.4, -0.2) is 36.6 Å². The van der Waals surface area contributed by atoms with Crippen molar-refractivity contribution >= 4 is 34.5 Å². The lowest BCUT2D eigenvalue weighted by atomic mass is 10.1. The highest BCUT2D eigenvalue weighted by Gasteiger charge is 2.15. The first-order valence-electron chi connectivity index (χ1n) is 9.28. The van der Waals surface area contributed by atoms with Gasteiger partial charge in [0, 0.05) is 11.3 Å². The minimum atomic E-state index is -0.312. The summed E-state index contributed by atoms with van der Waals surface area (Å²) in [4.78, 5) is 20.8. The molecule has 4 rings (SSSR count). The summed E-state index contributed by atoms with van der Waals surface area (Å²) in [6, 6.07) is 12.4. The fraction of sp³-hybridized carbons (Fsp3) is 0.190. The Hall–Kier alpha value is -3.33. The molecule has 30 heavy (non-hydrogen) atoms. The lowest BCUT2D eigenvalue weighted by Crippen LogP contribution is -2.14. The Morgan fingerprint density at radius 2 is 1.90 bits per heavy atom. The first kappa shape index (κ1) is 20.0. The largest absolute Gasteiger partial charge is 0.325 e. The van der Waals surface area contributed by atoms with Crippen LogP contribution in [0.4, 0.5) is 10.1 Å². The van der Waals surface area contributed by atoms with Crippen LogP contribution >= 0.6 is 11.8 Å². The molecule has 0 spiro atoms. The lowest BCUT2D eigenvalue weighted by Gasteiger charge is -2.07. The van der Waals surface area contributed by atoms with Crippen molar-refractivity contribution in [3.05, 3.63) is 71.3 Å². The summed E-state index contributed by atoms with van der Waals surface area (Å²) in [5.41, 5.74) is 4.40. The lowest BCUT2D eigenvalue weighted by molar-refractivity contribution is -0.113. The average molecular weight is 422 g/mol. The summed E-state index contributed by atoms with van der Waals surface area (Å²) in [5, 5.41) is 11.7. The molecule has 0 fully saturated rings. The third-order valence-corrected chi connectivity index (χ3v) is 5.37. The number of thioether (sulfide) groups is 1. The number of carbonyl (C=O) groups excluding carboxylic acids is 1. The number of hydrogen-bond acceptors (Lipinski definition) is 6. The number of fused-ring (bicyclic) bond motifs is 1. The van der Waals surface area contributed by atoms with Crippen LogP contribution in [0.15, 0.2) is 53.8 Å². The number of aryl methyl sites for hydroxylation is 2. The van der Waals surface area contributed by atoms with Gasteiger partial charge in [-0.3, -0.25) is 4.79 Å². The first-order valence-corrected chi connectivity index (χ1v) is 10.3. The summed E-state index contributed by atoms with van der Waals surface area (Å²) in [6.07, 6.45) is 1.40. The molecule has 0 atom stereocenters. The fourth-order valence-corrected chi connectivity index (χ4v) is 3.88. The van der Waals surface area contributed by atoms with Crippen molar-refractivity contribution in [2.45, 2.75) is 25.4 Å². The Kier molecular flexibility index (Phi) is 5.71. The van der Waals surface area contributed by atoms with Crippen LogP contribution in [0.3, 0.4) is 0 Å². The number of nitrogens with zero attached hydrogens (tertiary/aromatic N) is 5. The predicted molar refractivity (Wildman–Crippen MR) is 114 cm³/mol. The van der Waals surface area contributed by atoms with E-state index >= 15 is 0 Å². The highest BCUT2D eigenvalue weighted by Crippen LogP contribution is 2.23. The SMILES string of the molecule is Cc1cc(C)cc(NC(=O)CSc2ncnc3c2nnn3Cc2ccccc2F)c1. The predicted octanol–water partition coefficient (Wildman–Crippen LogP) is 3.76. The molecule has 9 heteroatoms. The fourth-order valence-electron chi connectivity index (χ4n) is 3.15. The van der Waals surface area contributed by atoms with Crippen molar-refractivity contribution in [3.8, 4) is 0 Å². The molecular weight excluding hydrogens is 403 g/mol. The third kappa shape index (κ3) is 4.46. The number of anilines is 1. The zero-order valence-corrected chi connectivity index (χ0v) is 17.3. The summed E-state index contributed by atoms with van der Waals surface area (Å²) < 4.78 is 15.5. The van der Waals surface area contributed by atoms with Crippen molar-refractivity contribution in [2.75, 3.05) is 11.1 Å². The standard InChI is InChI=1S/C21H19FN6OS/c1-13-7-14(2)9-16(8-13)25-18(29)11-30-21-19-20(23-12-24-21)28(27-26-19)10-15-5-3-4-6-17(15)22/h3-9,12H,10-11H2,1-2H3,(H,25,29). The van der Waals surface area contributed by atoms with Gasteiger partial charge in [0.2, 0.25) is 5.91 Å². The molecule has 152 valence electrons. The number of amides is 1. The molecule has 0 bridgehead atoms. The second-order valence-corrected chi connectivity index (χ2v) is 7.87. The molecule has 2 aromatic heterocycles. The first-order chi connectivity index (χ1) is 14.5. The number of hydrogen-bond donors (Lipinski definition) is 1. The van der Waals surface area contributed by atoms with Crippen molar-refractivity contribution in [3.63, 3.8) is 0 Å². The van der Waals surface area contributed by atoms with Gasteiger partial charge in [-0.15, -0.1) is 5.10 Å². The minimum Gasteiger partial charge on any atom is -0.325 e. The minimum absolute atomic E-state index is 0.143. The Balaban J connectivity index is 1.48. The second-order valence-electron chi connectivity index (χ2n) is 6.90. The quantitative estimate of drug-likeness (QED) is 0.376. The van der Waals surface area contributed by atoms with Crippen molar-refractivity contribution in [1.29, 1.82) is 0 Å². The van der Waals surface area contributed by atoms with E-state index in [-0.39, 0.29) is 24.0 Å². The molecule has 0 aliphatic rings. The maximum Gasteiger partial charge on any atom is 0.234 e. The molecule has 4 aromatic rings. The van der Waals surface area contributed by atoms with Crippen molar-refractivity contribution in [2.24, 2.45) is 0 Å². The summed E-state index contributed by atoms with van der Waals surface area (Å²) in [5.74, 6) is -0.289. The molecule has 1 amide bonds. The smallest absolute Gasteiger partial charge is 0.234 e. The highest BCUT2D eigenvalue weighted by molar-refractivity contribution is 8.00. The summed E-state index contributed by atoms with van der Waals surface area (Å²) in [6.45, 7) is 4.18. The van der Waals surface area contributed by atoms with E-state index in [1.54, 1.807) is 18.2 Å². The van der Waals surface area contributed by atoms with Gasteiger partial charge in [0.05, 0.1) is 12.3 Å². The Labute approximate surface area is 176 Å². The van der Waals surface area contributed by atoms with Gasteiger partial charge in [-0.05, 0) is 43.2 Å². The van der Waals surface area contributed by atoms with Crippen molar-refractivity contribution in [1.82, 2.24) is 25.0 Å². The number of benzene rings is 2. The number of rotatable bonds is 6. The maximum atomic E-state index is 14.0. The van der Waals surface area contributed by atoms with Crippen LogP contribution < -0.4 is 5.32 Å².